The molecule has 0 saturated heterocycles. The van der Waals surface area contributed by atoms with Gasteiger partial charge in [0, 0.05) is 12.7 Å². The lowest BCUT2D eigenvalue weighted by molar-refractivity contribution is -0.146. The van der Waals surface area contributed by atoms with Gasteiger partial charge in [0.25, 0.3) is 0 Å². The Bertz CT molecular complexity index is 867. The van der Waals surface area contributed by atoms with E-state index in [0.717, 1.165) is 33.8 Å². The molecule has 1 N–H and O–H groups in total. The van der Waals surface area contributed by atoms with Gasteiger partial charge in [0.15, 0.2) is 5.12 Å². The number of benzene rings is 2. The zero-order valence-corrected chi connectivity index (χ0v) is 17.3. The number of hydrogen-bond acceptors (Lipinski definition) is 6. The summed E-state index contributed by atoms with van der Waals surface area (Å²) >= 11 is 1.02. The number of methoxy groups -OCH3 is 1. The summed E-state index contributed by atoms with van der Waals surface area (Å²) in [7, 11) is 1.62. The average Bonchev–Trinajstić information content (AvgIpc) is 2.69. The molecule has 7 heteroatoms. The number of carbonyl (C=O) groups excluding carboxylic acids is 3. The molecule has 150 valence electrons. The maximum absolute atomic E-state index is 12.6. The second-order valence-electron chi connectivity index (χ2n) is 6.33. The fourth-order valence-corrected chi connectivity index (χ4v) is 3.66. The Kier molecular flexibility index (Phi) is 7.87. The highest BCUT2D eigenvalue weighted by Crippen LogP contribution is 2.28. The summed E-state index contributed by atoms with van der Waals surface area (Å²) in [6.07, 6.45) is 0. The van der Waals surface area contributed by atoms with E-state index in [1.165, 1.54) is 6.92 Å². The highest BCUT2D eigenvalue weighted by molar-refractivity contribution is 8.13. The van der Waals surface area contributed by atoms with Gasteiger partial charge in [-0.1, -0.05) is 43.0 Å². The van der Waals surface area contributed by atoms with E-state index in [-0.39, 0.29) is 29.3 Å². The number of carbonyl (C=O) groups is 3. The molecule has 0 unspecified atom stereocenters. The van der Waals surface area contributed by atoms with Crippen LogP contribution >= 0.6 is 11.8 Å². The van der Waals surface area contributed by atoms with Crippen LogP contribution in [0.3, 0.4) is 0 Å². The van der Waals surface area contributed by atoms with Gasteiger partial charge in [-0.3, -0.25) is 9.59 Å². The molecular weight excluding hydrogens is 378 g/mol. The molecule has 0 aliphatic heterocycles. The smallest absolute Gasteiger partial charge is 0.329 e. The van der Waals surface area contributed by atoms with Crippen LogP contribution in [0.1, 0.15) is 32.3 Å². The quantitative estimate of drug-likeness (QED) is 0.681. The maximum Gasteiger partial charge on any atom is 0.329 e. The fraction of sp³-hybridized carbons (Fsp3) is 0.381. The first-order chi connectivity index (χ1) is 13.3. The molecule has 0 aliphatic carbocycles. The summed E-state index contributed by atoms with van der Waals surface area (Å²) in [6, 6.07) is 10.8. The zero-order valence-electron chi connectivity index (χ0n) is 16.5. The third-order valence-corrected chi connectivity index (χ3v) is 5.40. The predicted octanol–water partition coefficient (Wildman–Crippen LogP) is 3.28. The van der Waals surface area contributed by atoms with Gasteiger partial charge >= 0.3 is 5.97 Å². The van der Waals surface area contributed by atoms with Crippen molar-refractivity contribution in [2.75, 3.05) is 19.5 Å². The Morgan fingerprint density at radius 2 is 1.79 bits per heavy atom. The maximum atomic E-state index is 12.6. The molecule has 0 heterocycles. The van der Waals surface area contributed by atoms with Crippen molar-refractivity contribution in [2.45, 2.75) is 32.7 Å². The predicted molar refractivity (Wildman–Crippen MR) is 111 cm³/mol. The van der Waals surface area contributed by atoms with Crippen LogP contribution in [-0.2, 0) is 19.1 Å². The van der Waals surface area contributed by atoms with Crippen LogP contribution in [0.25, 0.3) is 10.8 Å². The molecule has 28 heavy (non-hydrogen) atoms. The normalized spacial score (nSPS) is 12.9. The highest BCUT2D eigenvalue weighted by atomic mass is 32.2. The Balaban J connectivity index is 2.07. The van der Waals surface area contributed by atoms with Gasteiger partial charge in [0.2, 0.25) is 5.91 Å². The molecule has 6 nitrogen and oxygen atoms in total. The zero-order chi connectivity index (χ0) is 20.7. The van der Waals surface area contributed by atoms with E-state index < -0.39 is 12.0 Å². The van der Waals surface area contributed by atoms with Crippen LogP contribution in [0.4, 0.5) is 0 Å². The van der Waals surface area contributed by atoms with Crippen LogP contribution in [0.2, 0.25) is 0 Å². The lowest BCUT2D eigenvalue weighted by atomic mass is 9.99. The molecule has 0 aromatic heterocycles. The molecule has 0 bridgehead atoms. The summed E-state index contributed by atoms with van der Waals surface area (Å²) in [5.41, 5.74) is 0.891. The minimum Gasteiger partial charge on any atom is -0.497 e. The lowest BCUT2D eigenvalue weighted by Gasteiger charge is -2.17. The molecule has 0 spiro atoms. The Labute approximate surface area is 169 Å². The number of thioether (sulfide) groups is 1. The van der Waals surface area contributed by atoms with Gasteiger partial charge in [-0.25, -0.2) is 4.79 Å². The minimum absolute atomic E-state index is 0.0764. The number of amides is 1. The molecule has 2 rings (SSSR count). The van der Waals surface area contributed by atoms with Gasteiger partial charge < -0.3 is 14.8 Å². The summed E-state index contributed by atoms with van der Waals surface area (Å²) < 4.78 is 10.2. The number of fused-ring (bicyclic) bond motifs is 1. The van der Waals surface area contributed by atoms with Gasteiger partial charge in [-0.2, -0.15) is 0 Å². The largest absolute Gasteiger partial charge is 0.497 e. The molecule has 0 aliphatic rings. The van der Waals surface area contributed by atoms with Crippen molar-refractivity contribution in [2.24, 2.45) is 0 Å². The summed E-state index contributed by atoms with van der Waals surface area (Å²) in [4.78, 5) is 35.9. The summed E-state index contributed by atoms with van der Waals surface area (Å²) in [5.74, 6) is -0.319. The number of nitrogens with one attached hydrogen (secondary N) is 1. The molecule has 0 saturated carbocycles. The van der Waals surface area contributed by atoms with E-state index in [2.05, 4.69) is 5.32 Å². The second kappa shape index (κ2) is 10.1. The van der Waals surface area contributed by atoms with Gasteiger partial charge in [-0.05, 0) is 35.4 Å². The van der Waals surface area contributed by atoms with E-state index in [1.807, 2.05) is 43.3 Å². The molecule has 0 radical (unpaired) electrons. The Morgan fingerprint density at radius 1 is 1.11 bits per heavy atom. The van der Waals surface area contributed by atoms with Crippen molar-refractivity contribution in [3.8, 4) is 5.75 Å². The van der Waals surface area contributed by atoms with Crippen LogP contribution in [0.15, 0.2) is 36.4 Å². The molecule has 2 aromatic rings. The van der Waals surface area contributed by atoms with Gasteiger partial charge in [0.05, 0.1) is 19.6 Å². The third-order valence-electron chi connectivity index (χ3n) is 4.27. The first kappa shape index (κ1) is 21.8. The topological polar surface area (TPSA) is 81.7 Å². The van der Waals surface area contributed by atoms with E-state index in [0.29, 0.717) is 0 Å². The molecule has 1 amide bonds. The van der Waals surface area contributed by atoms with E-state index in [4.69, 9.17) is 9.47 Å². The van der Waals surface area contributed by atoms with Gasteiger partial charge in [0.1, 0.15) is 11.8 Å². The number of hydrogen-bond donors (Lipinski definition) is 1. The van der Waals surface area contributed by atoms with E-state index >= 15 is 0 Å². The van der Waals surface area contributed by atoms with Crippen molar-refractivity contribution < 1.29 is 23.9 Å². The standard InChI is InChI=1S/C21H25NO5S/c1-5-27-20(24)19(22-14(3)23)12-28-21(25)13(2)15-6-7-17-11-18(26-4)9-8-16(17)10-15/h6-11,13,19H,5,12H2,1-4H3,(H,22,23)/t13-,19-/m1/s1. The van der Waals surface area contributed by atoms with Crippen molar-refractivity contribution in [3.05, 3.63) is 42.0 Å². The molecular formula is C21H25NO5S. The minimum atomic E-state index is -0.845. The molecule has 2 atom stereocenters. The monoisotopic (exact) mass is 403 g/mol. The van der Waals surface area contributed by atoms with Crippen LogP contribution in [-0.4, -0.2) is 42.5 Å². The van der Waals surface area contributed by atoms with Crippen molar-refractivity contribution >= 4 is 39.5 Å². The second-order valence-corrected chi connectivity index (χ2v) is 7.35. The fourth-order valence-electron chi connectivity index (χ4n) is 2.72. The third kappa shape index (κ3) is 5.73. The highest BCUT2D eigenvalue weighted by Gasteiger charge is 2.24. The van der Waals surface area contributed by atoms with Gasteiger partial charge in [-0.15, -0.1) is 0 Å². The SMILES string of the molecule is CCOC(=O)[C@@H](CSC(=O)[C@H](C)c1ccc2cc(OC)ccc2c1)NC(C)=O. The molecule has 0 fully saturated rings. The number of rotatable bonds is 8. The number of ether oxygens (including phenoxy) is 2. The Hall–Kier alpha value is -2.54. The lowest BCUT2D eigenvalue weighted by Crippen LogP contribution is -2.43. The Morgan fingerprint density at radius 3 is 2.43 bits per heavy atom. The average molecular weight is 404 g/mol. The van der Waals surface area contributed by atoms with Crippen LogP contribution in [0, 0.1) is 0 Å². The van der Waals surface area contributed by atoms with Crippen LogP contribution < -0.4 is 10.1 Å². The van der Waals surface area contributed by atoms with Crippen molar-refractivity contribution in [1.29, 1.82) is 0 Å². The van der Waals surface area contributed by atoms with Crippen LogP contribution in [0.5, 0.6) is 5.75 Å². The first-order valence-corrected chi connectivity index (χ1v) is 10.0. The van der Waals surface area contributed by atoms with Crippen molar-refractivity contribution in [1.82, 2.24) is 5.32 Å². The van der Waals surface area contributed by atoms with E-state index in [1.54, 1.807) is 14.0 Å². The first-order valence-electron chi connectivity index (χ1n) is 9.03. The molecule has 2 aromatic carbocycles. The number of esters is 1. The van der Waals surface area contributed by atoms with Crippen molar-refractivity contribution in [3.63, 3.8) is 0 Å². The summed E-state index contributed by atoms with van der Waals surface area (Å²) in [6.45, 7) is 5.06. The summed E-state index contributed by atoms with van der Waals surface area (Å²) in [5, 5.41) is 4.51. The van der Waals surface area contributed by atoms with E-state index in [9.17, 15) is 14.4 Å².